The lowest BCUT2D eigenvalue weighted by molar-refractivity contribution is 0.0950. The quantitative estimate of drug-likeness (QED) is 0.458. The first-order chi connectivity index (χ1) is 15.5. The van der Waals surface area contributed by atoms with E-state index in [-0.39, 0.29) is 30.3 Å². The van der Waals surface area contributed by atoms with E-state index in [9.17, 15) is 13.2 Å². The zero-order chi connectivity index (χ0) is 22.8. The summed E-state index contributed by atoms with van der Waals surface area (Å²) in [4.78, 5) is 16.6. The average molecular weight is 451 g/mol. The van der Waals surface area contributed by atoms with Crippen molar-refractivity contribution in [2.45, 2.75) is 24.5 Å². The number of benzene rings is 2. The third-order valence-corrected chi connectivity index (χ3v) is 5.91. The maximum Gasteiger partial charge on any atom is 0.251 e. The van der Waals surface area contributed by atoms with Crippen molar-refractivity contribution in [3.05, 3.63) is 89.6 Å². The molecule has 32 heavy (non-hydrogen) atoms. The van der Waals surface area contributed by atoms with Gasteiger partial charge >= 0.3 is 0 Å². The van der Waals surface area contributed by atoms with Gasteiger partial charge in [-0.25, -0.2) is 18.1 Å². The summed E-state index contributed by atoms with van der Waals surface area (Å²) in [6.45, 7) is 0.688. The van der Waals surface area contributed by atoms with E-state index in [1.165, 1.54) is 24.3 Å². The molecule has 0 atom stereocenters. The molecule has 0 unspecified atom stereocenters. The lowest BCUT2D eigenvalue weighted by Crippen LogP contribution is -2.25. The summed E-state index contributed by atoms with van der Waals surface area (Å²) in [6.07, 6.45) is 1.69. The van der Waals surface area contributed by atoms with Gasteiger partial charge in [0.2, 0.25) is 15.9 Å². The maximum absolute atomic E-state index is 12.4. The Hall–Kier alpha value is -3.74. The number of amides is 1. The van der Waals surface area contributed by atoms with E-state index in [0.717, 1.165) is 11.1 Å². The van der Waals surface area contributed by atoms with Crippen LogP contribution in [0.1, 0.15) is 27.9 Å². The van der Waals surface area contributed by atoms with E-state index >= 15 is 0 Å². The highest BCUT2D eigenvalue weighted by atomic mass is 32.2. The number of pyridine rings is 1. The molecule has 2 aromatic carbocycles. The standard InChI is InChI=1S/C23H22N4O4S/c24-12-4-13-27-32(29,30)21-9-7-20(8-10-21)23(28)26-16-19-11-14-25-22(15-19)31-17-18-5-2-1-3-6-18/h1-3,5-11,14-15,27H,4,13,16-17H2,(H,26,28). The molecule has 0 fully saturated rings. The molecular formula is C23H22N4O4S. The predicted molar refractivity (Wildman–Crippen MR) is 118 cm³/mol. The smallest absolute Gasteiger partial charge is 0.251 e. The summed E-state index contributed by atoms with van der Waals surface area (Å²) in [7, 11) is -3.71. The molecule has 0 bridgehead atoms. The van der Waals surface area contributed by atoms with Crippen molar-refractivity contribution in [3.8, 4) is 11.9 Å². The summed E-state index contributed by atoms with van der Waals surface area (Å²) in [5.41, 5.74) is 2.17. The highest BCUT2D eigenvalue weighted by Gasteiger charge is 2.14. The Labute approximate surface area is 186 Å². The van der Waals surface area contributed by atoms with Gasteiger partial charge < -0.3 is 10.1 Å². The molecule has 0 saturated carbocycles. The fourth-order valence-electron chi connectivity index (χ4n) is 2.77. The molecule has 0 spiro atoms. The molecule has 8 nitrogen and oxygen atoms in total. The van der Waals surface area contributed by atoms with Crippen LogP contribution in [-0.2, 0) is 23.2 Å². The van der Waals surface area contributed by atoms with E-state index in [4.69, 9.17) is 10.00 Å². The van der Waals surface area contributed by atoms with Crippen LogP contribution in [-0.4, -0.2) is 25.9 Å². The second-order valence-corrected chi connectivity index (χ2v) is 8.56. The Morgan fingerprint density at radius 1 is 1.03 bits per heavy atom. The Bertz CT molecular complexity index is 1190. The van der Waals surface area contributed by atoms with Gasteiger partial charge in [0.05, 0.1) is 11.0 Å². The minimum atomic E-state index is -3.71. The molecule has 2 N–H and O–H groups in total. The minimum absolute atomic E-state index is 0.0290. The lowest BCUT2D eigenvalue weighted by Gasteiger charge is -2.09. The molecule has 0 radical (unpaired) electrons. The highest BCUT2D eigenvalue weighted by molar-refractivity contribution is 7.89. The van der Waals surface area contributed by atoms with Crippen molar-refractivity contribution in [1.82, 2.24) is 15.0 Å². The van der Waals surface area contributed by atoms with Crippen LogP contribution >= 0.6 is 0 Å². The Morgan fingerprint density at radius 3 is 2.50 bits per heavy atom. The van der Waals surface area contributed by atoms with Gasteiger partial charge in [0.25, 0.3) is 5.91 Å². The van der Waals surface area contributed by atoms with Crippen molar-refractivity contribution in [2.75, 3.05) is 6.54 Å². The van der Waals surface area contributed by atoms with Gasteiger partial charge in [-0.2, -0.15) is 5.26 Å². The molecule has 3 aromatic rings. The second-order valence-electron chi connectivity index (χ2n) is 6.79. The monoisotopic (exact) mass is 450 g/mol. The fraction of sp³-hybridized carbons (Fsp3) is 0.174. The van der Waals surface area contributed by atoms with Crippen LogP contribution in [0.5, 0.6) is 5.88 Å². The first-order valence-corrected chi connectivity index (χ1v) is 11.3. The van der Waals surface area contributed by atoms with Gasteiger partial charge in [-0.1, -0.05) is 30.3 Å². The SMILES string of the molecule is N#CCCNS(=O)(=O)c1ccc(C(=O)NCc2ccnc(OCc3ccccc3)c2)cc1. The number of hydrogen-bond acceptors (Lipinski definition) is 6. The zero-order valence-electron chi connectivity index (χ0n) is 17.2. The van der Waals surface area contributed by atoms with E-state index in [2.05, 4.69) is 15.0 Å². The van der Waals surface area contributed by atoms with Gasteiger partial charge in [0.1, 0.15) is 6.61 Å². The summed E-state index contributed by atoms with van der Waals surface area (Å²) < 4.78 is 32.3. The van der Waals surface area contributed by atoms with E-state index in [1.807, 2.05) is 36.4 Å². The van der Waals surface area contributed by atoms with Crippen molar-refractivity contribution in [2.24, 2.45) is 0 Å². The van der Waals surface area contributed by atoms with Gasteiger partial charge in [-0.3, -0.25) is 4.79 Å². The molecule has 164 valence electrons. The van der Waals surface area contributed by atoms with Gasteiger partial charge in [0, 0.05) is 37.3 Å². The molecule has 1 heterocycles. The molecular weight excluding hydrogens is 428 g/mol. The number of nitriles is 1. The van der Waals surface area contributed by atoms with Crippen molar-refractivity contribution in [3.63, 3.8) is 0 Å². The number of sulfonamides is 1. The minimum Gasteiger partial charge on any atom is -0.473 e. The molecule has 9 heteroatoms. The zero-order valence-corrected chi connectivity index (χ0v) is 18.0. The van der Waals surface area contributed by atoms with Crippen LogP contribution in [0.3, 0.4) is 0 Å². The van der Waals surface area contributed by atoms with Crippen molar-refractivity contribution >= 4 is 15.9 Å². The Kier molecular flexibility index (Phi) is 7.91. The number of rotatable bonds is 10. The van der Waals surface area contributed by atoms with Crippen LogP contribution < -0.4 is 14.8 Å². The molecule has 3 rings (SSSR count). The van der Waals surface area contributed by atoms with Crippen molar-refractivity contribution in [1.29, 1.82) is 5.26 Å². The number of ether oxygens (including phenoxy) is 1. The third kappa shape index (κ3) is 6.63. The van der Waals surface area contributed by atoms with E-state index in [1.54, 1.807) is 18.3 Å². The van der Waals surface area contributed by atoms with Crippen LogP contribution in [0.2, 0.25) is 0 Å². The first-order valence-electron chi connectivity index (χ1n) is 9.84. The molecule has 0 aliphatic rings. The normalized spacial score (nSPS) is 10.8. The van der Waals surface area contributed by atoms with Crippen molar-refractivity contribution < 1.29 is 17.9 Å². The summed E-state index contributed by atoms with van der Waals surface area (Å²) in [5.74, 6) is 0.119. The van der Waals surface area contributed by atoms with Crippen LogP contribution in [0.4, 0.5) is 0 Å². The summed E-state index contributed by atoms with van der Waals surface area (Å²) in [5, 5.41) is 11.3. The first kappa shape index (κ1) is 22.9. The molecule has 0 saturated heterocycles. The molecule has 1 aromatic heterocycles. The van der Waals surface area contributed by atoms with E-state index in [0.29, 0.717) is 18.1 Å². The lowest BCUT2D eigenvalue weighted by atomic mass is 10.2. The second kappa shape index (κ2) is 11.0. The third-order valence-electron chi connectivity index (χ3n) is 4.44. The summed E-state index contributed by atoms with van der Waals surface area (Å²) >= 11 is 0. The average Bonchev–Trinajstić information content (AvgIpc) is 2.82. The fourth-order valence-corrected chi connectivity index (χ4v) is 3.80. The van der Waals surface area contributed by atoms with E-state index < -0.39 is 10.0 Å². The van der Waals surface area contributed by atoms with Crippen LogP contribution in [0.15, 0.2) is 77.8 Å². The molecule has 0 aliphatic heterocycles. The topological polar surface area (TPSA) is 121 Å². The van der Waals surface area contributed by atoms with Gasteiger partial charge in [-0.05, 0) is 41.5 Å². The number of nitrogens with zero attached hydrogens (tertiary/aromatic N) is 2. The van der Waals surface area contributed by atoms with Gasteiger partial charge in [0.15, 0.2) is 0 Å². The number of carbonyl (C=O) groups excluding carboxylic acids is 1. The largest absolute Gasteiger partial charge is 0.473 e. The molecule has 1 amide bonds. The van der Waals surface area contributed by atoms with Crippen LogP contribution in [0.25, 0.3) is 0 Å². The molecule has 0 aliphatic carbocycles. The summed E-state index contributed by atoms with van der Waals surface area (Å²) in [6, 6.07) is 20.7. The highest BCUT2D eigenvalue weighted by Crippen LogP contribution is 2.13. The number of hydrogen-bond donors (Lipinski definition) is 2. The Morgan fingerprint density at radius 2 is 1.78 bits per heavy atom. The number of aromatic nitrogens is 1. The van der Waals surface area contributed by atoms with Gasteiger partial charge in [-0.15, -0.1) is 0 Å². The van der Waals surface area contributed by atoms with Crippen LogP contribution in [0, 0.1) is 11.3 Å². The maximum atomic E-state index is 12.4. The Balaban J connectivity index is 1.54. The number of nitrogens with one attached hydrogen (secondary N) is 2. The number of carbonyl (C=O) groups is 1. The predicted octanol–water partition coefficient (Wildman–Crippen LogP) is 2.78.